The Bertz CT molecular complexity index is 1100. The Morgan fingerprint density at radius 2 is 1.75 bits per heavy atom. The summed E-state index contributed by atoms with van der Waals surface area (Å²) in [4.78, 5) is 31.7. The highest BCUT2D eigenvalue weighted by atomic mass is 16.5. The Labute approximate surface area is 187 Å². The molecule has 0 atom stereocenters. The summed E-state index contributed by atoms with van der Waals surface area (Å²) in [5, 5.41) is 8.97. The van der Waals surface area contributed by atoms with Gasteiger partial charge in [0.15, 0.2) is 0 Å². The van der Waals surface area contributed by atoms with E-state index in [2.05, 4.69) is 29.2 Å². The van der Waals surface area contributed by atoms with Gasteiger partial charge < -0.3 is 9.64 Å². The van der Waals surface area contributed by atoms with Crippen molar-refractivity contribution in [3.8, 4) is 11.8 Å². The molecule has 2 aromatic carbocycles. The number of urea groups is 1. The number of carbonyl (C=O) groups is 2. The summed E-state index contributed by atoms with van der Waals surface area (Å²) in [5.41, 5.74) is 3.12. The van der Waals surface area contributed by atoms with Gasteiger partial charge in [0.2, 0.25) is 0 Å². The van der Waals surface area contributed by atoms with Gasteiger partial charge in [-0.2, -0.15) is 5.26 Å². The van der Waals surface area contributed by atoms with Crippen LogP contribution in [-0.4, -0.2) is 58.9 Å². The zero-order chi connectivity index (χ0) is 22.3. The van der Waals surface area contributed by atoms with Crippen LogP contribution in [0.25, 0.3) is 0 Å². The van der Waals surface area contributed by atoms with E-state index in [1.54, 1.807) is 36.2 Å². The summed E-state index contributed by atoms with van der Waals surface area (Å²) in [6.45, 7) is 3.31. The van der Waals surface area contributed by atoms with Gasteiger partial charge in [-0.1, -0.05) is 24.3 Å². The maximum Gasteiger partial charge on any atom is 0.327 e. The number of amides is 3. The maximum atomic E-state index is 13.4. The van der Waals surface area contributed by atoms with Gasteiger partial charge in [0, 0.05) is 33.1 Å². The molecule has 5 rings (SSSR count). The molecule has 0 N–H and O–H groups in total. The van der Waals surface area contributed by atoms with E-state index in [0.717, 1.165) is 44.0 Å². The van der Waals surface area contributed by atoms with Crippen LogP contribution in [0.15, 0.2) is 42.5 Å². The van der Waals surface area contributed by atoms with E-state index in [9.17, 15) is 9.59 Å². The third-order valence-corrected chi connectivity index (χ3v) is 7.08. The van der Waals surface area contributed by atoms with E-state index in [-0.39, 0.29) is 18.5 Å². The first kappa shape index (κ1) is 20.5. The average molecular weight is 431 g/mol. The third-order valence-electron chi connectivity index (χ3n) is 7.08. The van der Waals surface area contributed by atoms with Crippen LogP contribution in [0.1, 0.15) is 35.1 Å². The lowest BCUT2D eigenvalue weighted by Gasteiger charge is -2.40. The smallest absolute Gasteiger partial charge is 0.327 e. The van der Waals surface area contributed by atoms with Crippen LogP contribution >= 0.6 is 0 Å². The number of piperidine rings is 1. The maximum absolute atomic E-state index is 13.4. The van der Waals surface area contributed by atoms with Crippen molar-refractivity contribution < 1.29 is 14.3 Å². The van der Waals surface area contributed by atoms with Crippen LogP contribution in [0.3, 0.4) is 0 Å². The SMILES string of the molecule is CN1C(=O)N(Cc2ccc(C#N)cc2)C(=O)C12CCN(Cc1ccc3c(c1)OCC3)CC2. The highest BCUT2D eigenvalue weighted by Gasteiger charge is 2.56. The number of rotatable bonds is 4. The van der Waals surface area contributed by atoms with Gasteiger partial charge in [-0.15, -0.1) is 0 Å². The highest BCUT2D eigenvalue weighted by molar-refractivity contribution is 6.06. The molecule has 2 aromatic rings. The Morgan fingerprint density at radius 3 is 2.47 bits per heavy atom. The molecule has 0 unspecified atom stereocenters. The summed E-state index contributed by atoms with van der Waals surface area (Å²) in [7, 11) is 1.74. The normalized spacial score (nSPS) is 19.9. The molecule has 7 nitrogen and oxygen atoms in total. The molecule has 0 saturated carbocycles. The van der Waals surface area contributed by atoms with E-state index >= 15 is 0 Å². The van der Waals surface area contributed by atoms with E-state index in [4.69, 9.17) is 10.00 Å². The Balaban J connectivity index is 1.25. The van der Waals surface area contributed by atoms with Gasteiger partial charge >= 0.3 is 6.03 Å². The fraction of sp³-hybridized carbons (Fsp3) is 0.400. The summed E-state index contributed by atoms with van der Waals surface area (Å²) in [6, 6.07) is 15.3. The molecule has 7 heteroatoms. The van der Waals surface area contributed by atoms with E-state index < -0.39 is 5.54 Å². The molecule has 3 amide bonds. The number of benzene rings is 2. The number of likely N-dealkylation sites (N-methyl/N-ethyl adjacent to an activating group) is 1. The minimum atomic E-state index is -0.763. The molecule has 164 valence electrons. The van der Waals surface area contributed by atoms with Crippen molar-refractivity contribution >= 4 is 11.9 Å². The highest BCUT2D eigenvalue weighted by Crippen LogP contribution is 2.37. The fourth-order valence-electron chi connectivity index (χ4n) is 5.05. The second-order valence-electron chi connectivity index (χ2n) is 8.89. The van der Waals surface area contributed by atoms with Crippen LogP contribution < -0.4 is 4.74 Å². The van der Waals surface area contributed by atoms with Crippen molar-refractivity contribution in [1.29, 1.82) is 5.26 Å². The number of nitrogens with zero attached hydrogens (tertiary/aromatic N) is 4. The number of ether oxygens (including phenoxy) is 1. The van der Waals surface area contributed by atoms with Gasteiger partial charge in [-0.25, -0.2) is 4.79 Å². The number of fused-ring (bicyclic) bond motifs is 1. The molecule has 2 saturated heterocycles. The number of nitriles is 1. The largest absolute Gasteiger partial charge is 0.493 e. The molecule has 32 heavy (non-hydrogen) atoms. The van der Waals surface area contributed by atoms with Crippen LogP contribution in [0.2, 0.25) is 0 Å². The second kappa shape index (κ2) is 7.95. The molecule has 1 spiro atoms. The van der Waals surface area contributed by atoms with E-state index in [1.165, 1.54) is 16.0 Å². The van der Waals surface area contributed by atoms with Crippen molar-refractivity contribution in [3.63, 3.8) is 0 Å². The first-order valence-corrected chi connectivity index (χ1v) is 11.1. The molecule has 3 heterocycles. The van der Waals surface area contributed by atoms with E-state index in [0.29, 0.717) is 18.4 Å². The first-order chi connectivity index (χ1) is 15.5. The van der Waals surface area contributed by atoms with Gasteiger partial charge in [-0.3, -0.25) is 14.6 Å². The van der Waals surface area contributed by atoms with Crippen molar-refractivity contribution in [3.05, 3.63) is 64.7 Å². The minimum Gasteiger partial charge on any atom is -0.493 e. The number of hydrogen-bond donors (Lipinski definition) is 0. The Morgan fingerprint density at radius 1 is 1.03 bits per heavy atom. The Hall–Kier alpha value is -3.37. The molecule has 0 radical (unpaired) electrons. The topological polar surface area (TPSA) is 76.9 Å². The third kappa shape index (κ3) is 3.41. The standard InChI is InChI=1S/C25H26N4O3/c1-27-24(31)29(17-19-4-2-18(15-26)3-5-19)23(30)25(27)9-11-28(12-10-25)16-20-6-7-21-8-13-32-22(21)14-20/h2-7,14H,8-13,16-17H2,1H3. The molecule has 3 aliphatic rings. The number of hydrogen-bond acceptors (Lipinski definition) is 5. The van der Waals surface area contributed by atoms with Crippen LogP contribution in [-0.2, 0) is 24.3 Å². The zero-order valence-electron chi connectivity index (χ0n) is 18.2. The molecule has 0 aliphatic carbocycles. The van der Waals surface area contributed by atoms with Crippen LogP contribution in [0, 0.1) is 11.3 Å². The van der Waals surface area contributed by atoms with E-state index in [1.807, 2.05) is 0 Å². The molecular weight excluding hydrogens is 404 g/mol. The lowest BCUT2D eigenvalue weighted by molar-refractivity contribution is -0.135. The number of carbonyl (C=O) groups excluding carboxylic acids is 2. The lowest BCUT2D eigenvalue weighted by Crippen LogP contribution is -2.55. The number of imide groups is 1. The van der Waals surface area contributed by atoms with Gasteiger partial charge in [0.1, 0.15) is 11.3 Å². The Kier molecular flexibility index (Phi) is 5.10. The summed E-state index contributed by atoms with van der Waals surface area (Å²) < 4.78 is 5.69. The van der Waals surface area contributed by atoms with Crippen LogP contribution in [0.4, 0.5) is 4.79 Å². The first-order valence-electron chi connectivity index (χ1n) is 11.1. The van der Waals surface area contributed by atoms with Crippen molar-refractivity contribution in [1.82, 2.24) is 14.7 Å². The van der Waals surface area contributed by atoms with Crippen molar-refractivity contribution in [2.24, 2.45) is 0 Å². The number of likely N-dealkylation sites (tertiary alicyclic amines) is 1. The molecular formula is C25H26N4O3. The van der Waals surface area contributed by atoms with Gasteiger partial charge in [0.05, 0.1) is 24.8 Å². The predicted octanol–water partition coefficient (Wildman–Crippen LogP) is 2.92. The minimum absolute atomic E-state index is 0.111. The van der Waals surface area contributed by atoms with Crippen molar-refractivity contribution in [2.75, 3.05) is 26.7 Å². The van der Waals surface area contributed by atoms with Gasteiger partial charge in [0.25, 0.3) is 5.91 Å². The molecule has 3 aliphatic heterocycles. The monoisotopic (exact) mass is 430 g/mol. The van der Waals surface area contributed by atoms with Crippen molar-refractivity contribution in [2.45, 2.75) is 37.9 Å². The van der Waals surface area contributed by atoms with Gasteiger partial charge in [-0.05, 0) is 47.7 Å². The predicted molar refractivity (Wildman–Crippen MR) is 118 cm³/mol. The average Bonchev–Trinajstić information content (AvgIpc) is 3.35. The molecule has 0 aromatic heterocycles. The summed E-state index contributed by atoms with van der Waals surface area (Å²) in [6.07, 6.45) is 2.22. The summed E-state index contributed by atoms with van der Waals surface area (Å²) >= 11 is 0. The summed E-state index contributed by atoms with van der Waals surface area (Å²) in [5.74, 6) is 0.880. The fourth-order valence-corrected chi connectivity index (χ4v) is 5.05. The molecule has 2 fully saturated rings. The zero-order valence-corrected chi connectivity index (χ0v) is 18.2. The second-order valence-corrected chi connectivity index (χ2v) is 8.89. The quantitative estimate of drug-likeness (QED) is 0.697. The van der Waals surface area contributed by atoms with Crippen LogP contribution in [0.5, 0.6) is 5.75 Å². The lowest BCUT2D eigenvalue weighted by atomic mass is 9.86. The molecule has 0 bridgehead atoms.